The average molecular weight is 372 g/mol. The Balaban J connectivity index is 1.81. The topological polar surface area (TPSA) is 84.5 Å². The SMILES string of the molecule is CC(CC(=O)OC(C)C(=O)Nc1ccccc1F)NC(=O)c1ccccc1. The molecule has 0 saturated heterocycles. The molecule has 7 heteroatoms. The number of hydrogen-bond acceptors (Lipinski definition) is 4. The summed E-state index contributed by atoms with van der Waals surface area (Å²) in [5.41, 5.74) is 0.490. The number of benzene rings is 2. The molecule has 0 bridgehead atoms. The van der Waals surface area contributed by atoms with E-state index in [0.717, 1.165) is 0 Å². The Morgan fingerprint density at radius 1 is 1.00 bits per heavy atom. The zero-order chi connectivity index (χ0) is 19.8. The van der Waals surface area contributed by atoms with Gasteiger partial charge < -0.3 is 15.4 Å². The van der Waals surface area contributed by atoms with Crippen LogP contribution in [0.1, 0.15) is 30.6 Å². The minimum absolute atomic E-state index is 0.00823. The smallest absolute Gasteiger partial charge is 0.308 e. The second-order valence-corrected chi connectivity index (χ2v) is 6.05. The van der Waals surface area contributed by atoms with Crippen molar-refractivity contribution in [3.05, 3.63) is 66.0 Å². The summed E-state index contributed by atoms with van der Waals surface area (Å²) in [5, 5.41) is 5.05. The number of nitrogens with one attached hydrogen (secondary N) is 2. The molecule has 2 amide bonds. The van der Waals surface area contributed by atoms with Crippen LogP contribution in [0.3, 0.4) is 0 Å². The Kier molecular flexibility index (Phi) is 7.05. The third-order valence-electron chi connectivity index (χ3n) is 3.70. The van der Waals surface area contributed by atoms with Gasteiger partial charge in [0.15, 0.2) is 6.10 Å². The second kappa shape index (κ2) is 9.47. The fourth-order valence-electron chi connectivity index (χ4n) is 2.29. The van der Waals surface area contributed by atoms with Gasteiger partial charge in [-0.25, -0.2) is 4.39 Å². The van der Waals surface area contributed by atoms with Crippen molar-refractivity contribution in [2.24, 2.45) is 0 Å². The molecule has 0 fully saturated rings. The van der Waals surface area contributed by atoms with Crippen molar-refractivity contribution in [2.75, 3.05) is 5.32 Å². The molecule has 2 rings (SSSR count). The van der Waals surface area contributed by atoms with E-state index in [1.165, 1.54) is 25.1 Å². The van der Waals surface area contributed by atoms with Gasteiger partial charge in [0.1, 0.15) is 5.82 Å². The lowest BCUT2D eigenvalue weighted by Crippen LogP contribution is -2.36. The molecule has 0 spiro atoms. The van der Waals surface area contributed by atoms with Crippen LogP contribution < -0.4 is 10.6 Å². The van der Waals surface area contributed by atoms with Gasteiger partial charge in [0.05, 0.1) is 12.1 Å². The number of esters is 1. The third kappa shape index (κ3) is 6.22. The van der Waals surface area contributed by atoms with Crippen molar-refractivity contribution in [1.29, 1.82) is 0 Å². The van der Waals surface area contributed by atoms with Crippen LogP contribution >= 0.6 is 0 Å². The Morgan fingerprint density at radius 3 is 2.30 bits per heavy atom. The van der Waals surface area contributed by atoms with Crippen molar-refractivity contribution in [1.82, 2.24) is 5.32 Å². The summed E-state index contributed by atoms with van der Waals surface area (Å²) in [5.74, 6) is -2.18. The first-order valence-electron chi connectivity index (χ1n) is 8.47. The molecule has 27 heavy (non-hydrogen) atoms. The van der Waals surface area contributed by atoms with Crippen LogP contribution in [-0.4, -0.2) is 29.9 Å². The van der Waals surface area contributed by atoms with E-state index in [2.05, 4.69) is 10.6 Å². The van der Waals surface area contributed by atoms with E-state index in [1.54, 1.807) is 43.3 Å². The predicted molar refractivity (Wildman–Crippen MR) is 98.6 cm³/mol. The van der Waals surface area contributed by atoms with Crippen LogP contribution in [0.4, 0.5) is 10.1 Å². The van der Waals surface area contributed by atoms with Crippen molar-refractivity contribution in [3.63, 3.8) is 0 Å². The summed E-state index contributed by atoms with van der Waals surface area (Å²) in [6, 6.07) is 13.8. The van der Waals surface area contributed by atoms with Gasteiger partial charge in [0, 0.05) is 11.6 Å². The number of carbonyl (C=O) groups is 3. The molecule has 0 aromatic heterocycles. The van der Waals surface area contributed by atoms with Crippen molar-refractivity contribution >= 4 is 23.5 Å². The number of halogens is 1. The third-order valence-corrected chi connectivity index (χ3v) is 3.70. The summed E-state index contributed by atoms with van der Waals surface area (Å²) in [6.45, 7) is 3.05. The van der Waals surface area contributed by atoms with Gasteiger partial charge >= 0.3 is 5.97 Å². The average Bonchev–Trinajstić information content (AvgIpc) is 2.63. The molecule has 0 aliphatic rings. The van der Waals surface area contributed by atoms with Crippen LogP contribution in [0, 0.1) is 5.82 Å². The van der Waals surface area contributed by atoms with Gasteiger partial charge in [0.25, 0.3) is 11.8 Å². The standard InChI is InChI=1S/C20H21FN2O4/c1-13(22-20(26)15-8-4-3-5-9-15)12-18(24)27-14(2)19(25)23-17-11-7-6-10-16(17)21/h3-11,13-14H,12H2,1-2H3,(H,22,26)(H,23,25). The van der Waals surface area contributed by atoms with Crippen LogP contribution in [0.2, 0.25) is 0 Å². The fraction of sp³-hybridized carbons (Fsp3) is 0.250. The summed E-state index contributed by atoms with van der Waals surface area (Å²) in [7, 11) is 0. The summed E-state index contributed by atoms with van der Waals surface area (Å²) in [4.78, 5) is 36.0. The van der Waals surface area contributed by atoms with E-state index in [-0.39, 0.29) is 18.0 Å². The van der Waals surface area contributed by atoms with Gasteiger partial charge in [0.2, 0.25) is 0 Å². The highest BCUT2D eigenvalue weighted by Gasteiger charge is 2.21. The Hall–Kier alpha value is -3.22. The number of carbonyl (C=O) groups excluding carboxylic acids is 3. The first-order chi connectivity index (χ1) is 12.9. The van der Waals surface area contributed by atoms with E-state index in [0.29, 0.717) is 5.56 Å². The maximum Gasteiger partial charge on any atom is 0.308 e. The lowest BCUT2D eigenvalue weighted by atomic mass is 10.2. The zero-order valence-corrected chi connectivity index (χ0v) is 15.1. The number of anilines is 1. The van der Waals surface area contributed by atoms with Gasteiger partial charge in [-0.2, -0.15) is 0 Å². The minimum Gasteiger partial charge on any atom is -0.452 e. The fourth-order valence-corrected chi connectivity index (χ4v) is 2.29. The highest BCUT2D eigenvalue weighted by Crippen LogP contribution is 2.13. The maximum absolute atomic E-state index is 13.5. The number of rotatable bonds is 7. The van der Waals surface area contributed by atoms with E-state index in [1.807, 2.05) is 0 Å². The quantitative estimate of drug-likeness (QED) is 0.732. The molecule has 2 unspecified atom stereocenters. The highest BCUT2D eigenvalue weighted by atomic mass is 19.1. The molecule has 2 atom stereocenters. The summed E-state index contributed by atoms with van der Waals surface area (Å²) in [6.07, 6.45) is -1.20. The van der Waals surface area contributed by atoms with E-state index in [4.69, 9.17) is 4.74 Å². The van der Waals surface area contributed by atoms with Gasteiger partial charge in [-0.05, 0) is 38.1 Å². The largest absolute Gasteiger partial charge is 0.452 e. The van der Waals surface area contributed by atoms with Crippen molar-refractivity contribution in [2.45, 2.75) is 32.4 Å². The van der Waals surface area contributed by atoms with Crippen molar-refractivity contribution in [3.8, 4) is 0 Å². The Bertz CT molecular complexity index is 811. The molecule has 6 nitrogen and oxygen atoms in total. The van der Waals surface area contributed by atoms with E-state index < -0.39 is 29.8 Å². The lowest BCUT2D eigenvalue weighted by molar-refractivity contribution is -0.153. The molecule has 2 aromatic carbocycles. The van der Waals surface area contributed by atoms with Crippen LogP contribution in [0.15, 0.2) is 54.6 Å². The number of hydrogen-bond donors (Lipinski definition) is 2. The normalized spacial score (nSPS) is 12.6. The van der Waals surface area contributed by atoms with Crippen LogP contribution in [0.25, 0.3) is 0 Å². The van der Waals surface area contributed by atoms with Gasteiger partial charge in [-0.1, -0.05) is 30.3 Å². The monoisotopic (exact) mass is 372 g/mol. The number of amides is 2. The van der Waals surface area contributed by atoms with E-state index in [9.17, 15) is 18.8 Å². The first-order valence-corrected chi connectivity index (χ1v) is 8.47. The maximum atomic E-state index is 13.5. The minimum atomic E-state index is -1.10. The van der Waals surface area contributed by atoms with Gasteiger partial charge in [-0.15, -0.1) is 0 Å². The zero-order valence-electron chi connectivity index (χ0n) is 15.1. The molecular formula is C20H21FN2O4. The number of para-hydroxylation sites is 1. The van der Waals surface area contributed by atoms with Crippen LogP contribution in [0.5, 0.6) is 0 Å². The Labute approximate surface area is 156 Å². The van der Waals surface area contributed by atoms with Crippen LogP contribution in [-0.2, 0) is 14.3 Å². The predicted octanol–water partition coefficient (Wildman–Crippen LogP) is 2.90. The molecule has 2 N–H and O–H groups in total. The first kappa shape index (κ1) is 20.1. The molecule has 142 valence electrons. The summed E-state index contributed by atoms with van der Waals surface area (Å²) < 4.78 is 18.6. The molecule has 0 aliphatic heterocycles. The second-order valence-electron chi connectivity index (χ2n) is 6.05. The molecule has 2 aromatic rings. The summed E-state index contributed by atoms with van der Waals surface area (Å²) >= 11 is 0. The molecule has 0 saturated carbocycles. The lowest BCUT2D eigenvalue weighted by Gasteiger charge is -2.17. The number of ether oxygens (including phenoxy) is 1. The molecule has 0 heterocycles. The van der Waals surface area contributed by atoms with Crippen molar-refractivity contribution < 1.29 is 23.5 Å². The molecule has 0 radical (unpaired) electrons. The van der Waals surface area contributed by atoms with E-state index >= 15 is 0 Å². The Morgan fingerprint density at radius 2 is 1.63 bits per heavy atom. The molecular weight excluding hydrogens is 351 g/mol. The highest BCUT2D eigenvalue weighted by molar-refractivity contribution is 5.95. The molecule has 0 aliphatic carbocycles. The van der Waals surface area contributed by atoms with Gasteiger partial charge in [-0.3, -0.25) is 14.4 Å².